The molecule has 114 valence electrons. The van der Waals surface area contributed by atoms with Crippen molar-refractivity contribution in [2.45, 2.75) is 37.5 Å². The number of carbonyl (C=O) groups is 1. The Morgan fingerprint density at radius 2 is 1.95 bits per heavy atom. The van der Waals surface area contributed by atoms with Crippen LogP contribution < -0.4 is 11.1 Å². The Labute approximate surface area is 128 Å². The molecule has 1 saturated heterocycles. The minimum atomic E-state index is -0.454. The third-order valence-corrected chi connectivity index (χ3v) is 4.50. The first kappa shape index (κ1) is 14.6. The summed E-state index contributed by atoms with van der Waals surface area (Å²) in [5, 5.41) is 3.99. The summed E-state index contributed by atoms with van der Waals surface area (Å²) in [5.74, 6) is -0.818. The van der Waals surface area contributed by atoms with Crippen LogP contribution >= 0.6 is 11.6 Å². The number of rotatable bonds is 3. The zero-order valence-electron chi connectivity index (χ0n) is 11.7. The fraction of sp³-hybridized carbons (Fsp3) is 0.533. The lowest BCUT2D eigenvalue weighted by Gasteiger charge is -2.36. The highest BCUT2D eigenvalue weighted by Crippen LogP contribution is 2.37. The van der Waals surface area contributed by atoms with Crippen molar-refractivity contribution >= 4 is 23.2 Å². The summed E-state index contributed by atoms with van der Waals surface area (Å²) < 4.78 is 11.4. The molecule has 1 saturated carbocycles. The van der Waals surface area contributed by atoms with Crippen molar-refractivity contribution in [2.24, 2.45) is 5.73 Å². The Balaban J connectivity index is 1.65. The zero-order valence-corrected chi connectivity index (χ0v) is 12.5. The molecule has 1 heterocycles. The SMILES string of the molecule is NC(=O)c1ccc(Cl)c(NC2CCC3(CC2)OCCO3)c1. The molecule has 0 bridgehead atoms. The van der Waals surface area contributed by atoms with E-state index in [4.69, 9.17) is 26.8 Å². The van der Waals surface area contributed by atoms with Crippen LogP contribution in [0.25, 0.3) is 0 Å². The second kappa shape index (κ2) is 5.83. The predicted octanol–water partition coefficient (Wildman–Crippen LogP) is 2.54. The highest BCUT2D eigenvalue weighted by atomic mass is 35.5. The fourth-order valence-corrected chi connectivity index (χ4v) is 3.17. The summed E-state index contributed by atoms with van der Waals surface area (Å²) in [7, 11) is 0. The standard InChI is InChI=1S/C15H19ClN2O3/c16-12-2-1-10(14(17)19)9-13(12)18-11-3-5-15(6-4-11)20-7-8-21-15/h1-2,9,11,18H,3-8H2,(H2,17,19). The van der Waals surface area contributed by atoms with Gasteiger partial charge < -0.3 is 20.5 Å². The lowest BCUT2D eigenvalue weighted by molar-refractivity contribution is -0.177. The van der Waals surface area contributed by atoms with E-state index in [2.05, 4.69) is 5.32 Å². The molecule has 6 heteroatoms. The van der Waals surface area contributed by atoms with Crippen molar-refractivity contribution < 1.29 is 14.3 Å². The Kier molecular flexibility index (Phi) is 4.06. The molecule has 3 N–H and O–H groups in total. The number of ether oxygens (including phenoxy) is 2. The third-order valence-electron chi connectivity index (χ3n) is 4.17. The molecular weight excluding hydrogens is 292 g/mol. The number of halogens is 1. The van der Waals surface area contributed by atoms with Gasteiger partial charge in [-0.15, -0.1) is 0 Å². The molecular formula is C15H19ClN2O3. The molecule has 1 aliphatic carbocycles. The number of anilines is 1. The van der Waals surface area contributed by atoms with Crippen molar-refractivity contribution in [2.75, 3.05) is 18.5 Å². The van der Waals surface area contributed by atoms with Crippen LogP contribution in [0.4, 0.5) is 5.69 Å². The first-order valence-corrected chi connectivity index (χ1v) is 7.60. The second-order valence-corrected chi connectivity index (χ2v) is 5.99. The number of nitrogens with one attached hydrogen (secondary N) is 1. The van der Waals surface area contributed by atoms with E-state index in [1.165, 1.54) is 0 Å². The van der Waals surface area contributed by atoms with Gasteiger partial charge in [-0.1, -0.05) is 11.6 Å². The van der Waals surface area contributed by atoms with Gasteiger partial charge in [-0.3, -0.25) is 4.79 Å². The van der Waals surface area contributed by atoms with Crippen LogP contribution in [0, 0.1) is 0 Å². The quantitative estimate of drug-likeness (QED) is 0.900. The van der Waals surface area contributed by atoms with Gasteiger partial charge in [0.05, 0.1) is 23.9 Å². The van der Waals surface area contributed by atoms with E-state index in [1.807, 2.05) is 0 Å². The summed E-state index contributed by atoms with van der Waals surface area (Å²) in [6.45, 7) is 1.37. The van der Waals surface area contributed by atoms with Crippen LogP contribution in [0.2, 0.25) is 5.02 Å². The van der Waals surface area contributed by atoms with Crippen molar-refractivity contribution in [1.29, 1.82) is 0 Å². The number of primary amides is 1. The highest BCUT2D eigenvalue weighted by Gasteiger charge is 2.40. The number of nitrogens with two attached hydrogens (primary N) is 1. The van der Waals surface area contributed by atoms with Crippen molar-refractivity contribution in [3.05, 3.63) is 28.8 Å². The number of amides is 1. The fourth-order valence-electron chi connectivity index (χ4n) is 3.00. The van der Waals surface area contributed by atoms with E-state index in [1.54, 1.807) is 18.2 Å². The summed E-state index contributed by atoms with van der Waals surface area (Å²) >= 11 is 6.18. The molecule has 0 aromatic heterocycles. The van der Waals surface area contributed by atoms with E-state index in [9.17, 15) is 4.79 Å². The monoisotopic (exact) mass is 310 g/mol. The summed E-state index contributed by atoms with van der Waals surface area (Å²) in [6.07, 6.45) is 3.63. The molecule has 1 spiro atoms. The molecule has 1 amide bonds. The Hall–Kier alpha value is -1.30. The zero-order chi connectivity index (χ0) is 14.9. The van der Waals surface area contributed by atoms with Crippen molar-refractivity contribution in [3.63, 3.8) is 0 Å². The summed E-state index contributed by atoms with van der Waals surface area (Å²) in [6, 6.07) is 5.32. The second-order valence-electron chi connectivity index (χ2n) is 5.59. The van der Waals surface area contributed by atoms with Gasteiger partial charge in [0.2, 0.25) is 5.91 Å². The molecule has 2 aliphatic rings. The number of hydrogen-bond acceptors (Lipinski definition) is 4. The topological polar surface area (TPSA) is 73.6 Å². The Bertz CT molecular complexity index is 534. The highest BCUT2D eigenvalue weighted by molar-refractivity contribution is 6.33. The van der Waals surface area contributed by atoms with Gasteiger partial charge in [0.1, 0.15) is 0 Å². The smallest absolute Gasteiger partial charge is 0.248 e. The molecule has 0 radical (unpaired) electrons. The van der Waals surface area contributed by atoms with Gasteiger partial charge in [0.25, 0.3) is 0 Å². The first-order valence-electron chi connectivity index (χ1n) is 7.22. The minimum Gasteiger partial charge on any atom is -0.381 e. The average Bonchev–Trinajstić information content (AvgIpc) is 2.92. The van der Waals surface area contributed by atoms with Gasteiger partial charge >= 0.3 is 0 Å². The Morgan fingerprint density at radius 3 is 2.57 bits per heavy atom. The predicted molar refractivity (Wildman–Crippen MR) is 80.5 cm³/mol. The third kappa shape index (κ3) is 3.15. The van der Waals surface area contributed by atoms with Crippen LogP contribution in [-0.4, -0.2) is 30.9 Å². The normalized spacial score (nSPS) is 21.6. The molecule has 3 rings (SSSR count). The first-order chi connectivity index (χ1) is 10.1. The lowest BCUT2D eigenvalue weighted by atomic mass is 9.90. The summed E-state index contributed by atoms with van der Waals surface area (Å²) in [5.41, 5.74) is 6.51. The van der Waals surface area contributed by atoms with Gasteiger partial charge in [0, 0.05) is 24.4 Å². The maximum absolute atomic E-state index is 11.2. The maximum atomic E-state index is 11.2. The largest absolute Gasteiger partial charge is 0.381 e. The van der Waals surface area contributed by atoms with Gasteiger partial charge in [-0.2, -0.15) is 0 Å². The van der Waals surface area contributed by atoms with Gasteiger partial charge in [0.15, 0.2) is 5.79 Å². The van der Waals surface area contributed by atoms with E-state index >= 15 is 0 Å². The van der Waals surface area contributed by atoms with E-state index in [0.29, 0.717) is 29.8 Å². The van der Waals surface area contributed by atoms with E-state index in [-0.39, 0.29) is 5.79 Å². The molecule has 2 fully saturated rings. The van der Waals surface area contributed by atoms with Crippen LogP contribution in [-0.2, 0) is 9.47 Å². The molecule has 1 aromatic carbocycles. The number of hydrogen-bond donors (Lipinski definition) is 2. The van der Waals surface area contributed by atoms with Crippen LogP contribution in [0.15, 0.2) is 18.2 Å². The van der Waals surface area contributed by atoms with E-state index in [0.717, 1.165) is 31.4 Å². The van der Waals surface area contributed by atoms with Crippen LogP contribution in [0.3, 0.4) is 0 Å². The van der Waals surface area contributed by atoms with Gasteiger partial charge in [-0.25, -0.2) is 0 Å². The van der Waals surface area contributed by atoms with Crippen LogP contribution in [0.1, 0.15) is 36.0 Å². The maximum Gasteiger partial charge on any atom is 0.248 e. The number of carbonyl (C=O) groups excluding carboxylic acids is 1. The molecule has 5 nitrogen and oxygen atoms in total. The molecule has 0 unspecified atom stereocenters. The Morgan fingerprint density at radius 1 is 1.29 bits per heavy atom. The van der Waals surface area contributed by atoms with Crippen molar-refractivity contribution in [3.8, 4) is 0 Å². The minimum absolute atomic E-state index is 0.295. The molecule has 1 aliphatic heterocycles. The lowest BCUT2D eigenvalue weighted by Crippen LogP contribution is -2.39. The van der Waals surface area contributed by atoms with Crippen LogP contribution in [0.5, 0.6) is 0 Å². The molecule has 1 aromatic rings. The van der Waals surface area contributed by atoms with Gasteiger partial charge in [-0.05, 0) is 31.0 Å². The molecule has 0 atom stereocenters. The van der Waals surface area contributed by atoms with E-state index < -0.39 is 5.91 Å². The molecule has 21 heavy (non-hydrogen) atoms. The average molecular weight is 311 g/mol. The van der Waals surface area contributed by atoms with Crippen molar-refractivity contribution in [1.82, 2.24) is 0 Å². The summed E-state index contributed by atoms with van der Waals surface area (Å²) in [4.78, 5) is 11.2. The number of benzene rings is 1.